The van der Waals surface area contributed by atoms with Crippen molar-refractivity contribution in [1.29, 1.82) is 0 Å². The summed E-state index contributed by atoms with van der Waals surface area (Å²) in [7, 11) is 0. The van der Waals surface area contributed by atoms with Gasteiger partial charge in [0.1, 0.15) is 0 Å². The van der Waals surface area contributed by atoms with Gasteiger partial charge in [-0.05, 0) is 51.4 Å². The van der Waals surface area contributed by atoms with Crippen LogP contribution in [0.15, 0.2) is 36.5 Å². The van der Waals surface area contributed by atoms with Gasteiger partial charge in [-0.3, -0.25) is 4.79 Å². The summed E-state index contributed by atoms with van der Waals surface area (Å²) in [4.78, 5) is 12.0. The lowest BCUT2D eigenvalue weighted by Crippen LogP contribution is -2.05. The highest BCUT2D eigenvalue weighted by atomic mass is 16.5. The molecule has 0 bridgehead atoms. The minimum Gasteiger partial charge on any atom is -0.466 e. The van der Waals surface area contributed by atoms with E-state index in [0.29, 0.717) is 19.6 Å². The maximum absolute atomic E-state index is 12.0. The van der Waals surface area contributed by atoms with Gasteiger partial charge in [-0.15, -0.1) is 0 Å². The molecular weight excluding hydrogens is 649 g/mol. The largest absolute Gasteiger partial charge is 0.466 e. The van der Waals surface area contributed by atoms with E-state index in [2.05, 4.69) is 43.4 Å². The Balaban J connectivity index is 3.17. The normalized spacial score (nSPS) is 12.0. The van der Waals surface area contributed by atoms with E-state index in [-0.39, 0.29) is 5.97 Å². The number of esters is 1. The van der Waals surface area contributed by atoms with E-state index >= 15 is 0 Å². The molecule has 0 aliphatic rings. The molecule has 0 aromatic rings. The molecule has 312 valence electrons. The highest BCUT2D eigenvalue weighted by molar-refractivity contribution is 5.69. The number of unbranched alkanes of at least 4 members (excludes halogenated alkanes) is 34. The average molecular weight is 743 g/mol. The average Bonchev–Trinajstić information content (AvgIpc) is 3.16. The fourth-order valence-corrected chi connectivity index (χ4v) is 7.31. The molecule has 0 radical (unpaired) electrons. The Hall–Kier alpha value is -1.35. The zero-order valence-electron chi connectivity index (χ0n) is 35.9. The Bertz CT molecular complexity index is 769. The van der Waals surface area contributed by atoms with Crippen molar-refractivity contribution in [3.63, 3.8) is 0 Å². The lowest BCUT2D eigenvalue weighted by atomic mass is 10.0. The molecule has 0 saturated carbocycles. The van der Waals surface area contributed by atoms with E-state index < -0.39 is 0 Å². The number of hydrogen-bond acceptors (Lipinski definition) is 3. The molecule has 1 N–H and O–H groups in total. The zero-order chi connectivity index (χ0) is 38.2. The SMILES string of the molecule is CC/C=C\C/C=C\C/C=C\CCCCCCCC(=O)OCCCCCCCCCCCCCCCCCCCCCCCCCCCCCCCCO. The van der Waals surface area contributed by atoms with Gasteiger partial charge in [0, 0.05) is 13.0 Å². The van der Waals surface area contributed by atoms with Gasteiger partial charge in [0.2, 0.25) is 0 Å². The van der Waals surface area contributed by atoms with Crippen LogP contribution in [-0.2, 0) is 9.53 Å². The molecule has 0 aliphatic carbocycles. The second-order valence-corrected chi connectivity index (χ2v) is 16.2. The van der Waals surface area contributed by atoms with Crippen LogP contribution >= 0.6 is 0 Å². The molecule has 0 heterocycles. The van der Waals surface area contributed by atoms with Crippen molar-refractivity contribution in [1.82, 2.24) is 0 Å². The van der Waals surface area contributed by atoms with Crippen LogP contribution in [0.1, 0.15) is 264 Å². The van der Waals surface area contributed by atoms with Crippen LogP contribution < -0.4 is 0 Å². The molecule has 0 rings (SSSR count). The van der Waals surface area contributed by atoms with E-state index in [4.69, 9.17) is 9.84 Å². The number of hydrogen-bond donors (Lipinski definition) is 1. The number of aliphatic hydroxyl groups excluding tert-OH is 1. The third-order valence-electron chi connectivity index (χ3n) is 10.8. The smallest absolute Gasteiger partial charge is 0.305 e. The molecule has 3 heteroatoms. The molecule has 0 atom stereocenters. The minimum atomic E-state index is 0.00761. The van der Waals surface area contributed by atoms with E-state index in [1.54, 1.807) is 0 Å². The van der Waals surface area contributed by atoms with Crippen molar-refractivity contribution in [2.45, 2.75) is 264 Å². The fourth-order valence-electron chi connectivity index (χ4n) is 7.31. The molecule has 53 heavy (non-hydrogen) atoms. The van der Waals surface area contributed by atoms with Crippen molar-refractivity contribution in [2.24, 2.45) is 0 Å². The Labute approximate surface area is 333 Å². The molecule has 0 aliphatic heterocycles. The molecule has 0 fully saturated rings. The highest BCUT2D eigenvalue weighted by Gasteiger charge is 2.03. The number of allylic oxidation sites excluding steroid dienone is 6. The summed E-state index contributed by atoms with van der Waals surface area (Å²) in [6.07, 6.45) is 65.7. The summed E-state index contributed by atoms with van der Waals surface area (Å²) >= 11 is 0. The van der Waals surface area contributed by atoms with Crippen LogP contribution in [0.5, 0.6) is 0 Å². The molecule has 0 amide bonds. The number of ether oxygens (including phenoxy) is 1. The van der Waals surface area contributed by atoms with Gasteiger partial charge in [-0.1, -0.05) is 242 Å². The number of carbonyl (C=O) groups is 1. The highest BCUT2D eigenvalue weighted by Crippen LogP contribution is 2.17. The first-order valence-corrected chi connectivity index (χ1v) is 24.0. The van der Waals surface area contributed by atoms with Gasteiger partial charge in [0.15, 0.2) is 0 Å². The van der Waals surface area contributed by atoms with Gasteiger partial charge in [0.05, 0.1) is 6.61 Å². The standard InChI is InChI=1S/C50H94O3/c1-2-3-4-5-6-7-8-9-26-29-32-35-38-41-44-47-50(52)53-49-46-43-40-37-34-31-28-25-23-21-19-17-15-13-11-10-12-14-16-18-20-22-24-27-30-33-36-39-42-45-48-51/h3-4,6-7,9,26,51H,2,5,8,10-25,27-49H2,1H3/b4-3-,7-6-,26-9-. The summed E-state index contributed by atoms with van der Waals surface area (Å²) in [6.45, 7) is 3.15. The Morgan fingerprint density at radius 1 is 0.377 bits per heavy atom. The van der Waals surface area contributed by atoms with Crippen LogP contribution in [0.2, 0.25) is 0 Å². The van der Waals surface area contributed by atoms with Gasteiger partial charge in [-0.2, -0.15) is 0 Å². The van der Waals surface area contributed by atoms with E-state index in [0.717, 1.165) is 44.9 Å². The Morgan fingerprint density at radius 3 is 1.06 bits per heavy atom. The van der Waals surface area contributed by atoms with Gasteiger partial charge < -0.3 is 9.84 Å². The maximum Gasteiger partial charge on any atom is 0.305 e. The topological polar surface area (TPSA) is 46.5 Å². The summed E-state index contributed by atoms with van der Waals surface area (Å²) < 4.78 is 5.47. The van der Waals surface area contributed by atoms with Crippen molar-refractivity contribution in [3.8, 4) is 0 Å². The van der Waals surface area contributed by atoms with Crippen molar-refractivity contribution in [2.75, 3.05) is 13.2 Å². The second-order valence-electron chi connectivity index (χ2n) is 16.2. The lowest BCUT2D eigenvalue weighted by Gasteiger charge is -2.06. The minimum absolute atomic E-state index is 0.00761. The van der Waals surface area contributed by atoms with Crippen LogP contribution in [0.4, 0.5) is 0 Å². The fraction of sp³-hybridized carbons (Fsp3) is 0.860. The van der Waals surface area contributed by atoms with Gasteiger partial charge in [0.25, 0.3) is 0 Å². The Morgan fingerprint density at radius 2 is 0.679 bits per heavy atom. The van der Waals surface area contributed by atoms with Crippen LogP contribution in [0.3, 0.4) is 0 Å². The number of aliphatic hydroxyl groups is 1. The first-order chi connectivity index (χ1) is 26.3. The molecule has 0 spiro atoms. The second kappa shape index (κ2) is 48.7. The summed E-state index contributed by atoms with van der Waals surface area (Å²) in [6, 6.07) is 0. The monoisotopic (exact) mass is 743 g/mol. The summed E-state index contributed by atoms with van der Waals surface area (Å²) in [5.41, 5.74) is 0. The molecule has 0 aromatic carbocycles. The molecule has 0 unspecified atom stereocenters. The van der Waals surface area contributed by atoms with E-state index in [1.165, 1.54) is 205 Å². The summed E-state index contributed by atoms with van der Waals surface area (Å²) in [5, 5.41) is 8.81. The van der Waals surface area contributed by atoms with E-state index in [9.17, 15) is 4.79 Å². The predicted octanol–water partition coefficient (Wildman–Crippen LogP) is 16.8. The third kappa shape index (κ3) is 48.6. The Kier molecular flexibility index (Phi) is 47.4. The summed E-state index contributed by atoms with van der Waals surface area (Å²) in [5.74, 6) is 0.00761. The maximum atomic E-state index is 12.0. The molecular formula is C50H94O3. The van der Waals surface area contributed by atoms with Crippen molar-refractivity contribution >= 4 is 5.97 Å². The number of carbonyl (C=O) groups excluding carboxylic acids is 1. The molecule has 3 nitrogen and oxygen atoms in total. The quantitative estimate of drug-likeness (QED) is 0.0384. The van der Waals surface area contributed by atoms with Crippen LogP contribution in [0, 0.1) is 0 Å². The van der Waals surface area contributed by atoms with Crippen molar-refractivity contribution < 1.29 is 14.6 Å². The first kappa shape index (κ1) is 51.6. The molecule has 0 saturated heterocycles. The van der Waals surface area contributed by atoms with Crippen molar-refractivity contribution in [3.05, 3.63) is 36.5 Å². The van der Waals surface area contributed by atoms with Crippen LogP contribution in [-0.4, -0.2) is 24.3 Å². The third-order valence-corrected chi connectivity index (χ3v) is 10.8. The van der Waals surface area contributed by atoms with Gasteiger partial charge in [-0.25, -0.2) is 0 Å². The van der Waals surface area contributed by atoms with Crippen LogP contribution in [0.25, 0.3) is 0 Å². The molecule has 0 aromatic heterocycles. The van der Waals surface area contributed by atoms with E-state index in [1.807, 2.05) is 0 Å². The zero-order valence-corrected chi connectivity index (χ0v) is 35.9. The predicted molar refractivity (Wildman–Crippen MR) is 236 cm³/mol. The first-order valence-electron chi connectivity index (χ1n) is 24.0. The number of rotatable bonds is 45. The lowest BCUT2D eigenvalue weighted by molar-refractivity contribution is -0.143. The van der Waals surface area contributed by atoms with Gasteiger partial charge >= 0.3 is 5.97 Å².